The first-order chi connectivity index (χ1) is 13.2. The fourth-order valence-electron chi connectivity index (χ4n) is 2.84. The fourth-order valence-corrected chi connectivity index (χ4v) is 2.84. The average molecular weight is 376 g/mol. The maximum absolute atomic E-state index is 13.0. The van der Waals surface area contributed by atoms with Crippen LogP contribution < -0.4 is 0 Å². The van der Waals surface area contributed by atoms with Crippen LogP contribution in [0.2, 0.25) is 0 Å². The Bertz CT molecular complexity index is 949. The Morgan fingerprint density at radius 1 is 0.643 bits per heavy atom. The Kier molecular flexibility index (Phi) is 5.14. The molecule has 0 saturated heterocycles. The second-order valence-electron chi connectivity index (χ2n) is 7.22. The second-order valence-corrected chi connectivity index (χ2v) is 7.22. The van der Waals surface area contributed by atoms with Crippen molar-refractivity contribution < 1.29 is 9.59 Å². The number of fused-ring (bicyclic) bond motifs is 2. The van der Waals surface area contributed by atoms with Gasteiger partial charge >= 0.3 is 0 Å². The van der Waals surface area contributed by atoms with Crippen LogP contribution in [0.3, 0.4) is 0 Å². The molecule has 6 nitrogen and oxygen atoms in total. The summed E-state index contributed by atoms with van der Waals surface area (Å²) in [6.45, 7) is 3.78. The van der Waals surface area contributed by atoms with Crippen molar-refractivity contribution in [1.82, 2.24) is 9.80 Å². The van der Waals surface area contributed by atoms with Crippen LogP contribution in [-0.4, -0.2) is 61.2 Å². The first-order valence-electron chi connectivity index (χ1n) is 9.01. The third-order valence-electron chi connectivity index (χ3n) is 4.86. The van der Waals surface area contributed by atoms with Gasteiger partial charge in [-0.05, 0) is 50.2 Å². The monoisotopic (exact) mass is 376 g/mol. The van der Waals surface area contributed by atoms with E-state index in [1.54, 1.807) is 36.4 Å². The summed E-state index contributed by atoms with van der Waals surface area (Å²) in [5.41, 5.74) is 2.90. The zero-order valence-electron chi connectivity index (χ0n) is 17.1. The number of hydrogen-bond acceptors (Lipinski definition) is 4. The third-order valence-corrected chi connectivity index (χ3v) is 4.86. The lowest BCUT2D eigenvalue weighted by Gasteiger charge is -2.19. The molecule has 0 saturated carbocycles. The summed E-state index contributed by atoms with van der Waals surface area (Å²) >= 11 is 0. The molecular formula is C22H24N4O2. The van der Waals surface area contributed by atoms with Gasteiger partial charge < -0.3 is 9.80 Å². The van der Waals surface area contributed by atoms with Gasteiger partial charge in [0.15, 0.2) is 11.6 Å². The lowest BCUT2D eigenvalue weighted by molar-refractivity contribution is 0.0979. The van der Waals surface area contributed by atoms with E-state index in [1.165, 1.54) is 0 Å². The molecule has 3 rings (SSSR count). The number of aliphatic imine (C=N–C) groups is 2. The number of rotatable bonds is 2. The number of ketones is 2. The fraction of sp³-hybridized carbons (Fsp3) is 0.273. The molecule has 0 bridgehead atoms. The predicted octanol–water partition coefficient (Wildman–Crippen LogP) is 3.69. The largest absolute Gasteiger partial charge is 0.366 e. The summed E-state index contributed by atoms with van der Waals surface area (Å²) in [6.07, 6.45) is 0. The summed E-state index contributed by atoms with van der Waals surface area (Å²) in [5.74, 6) is 1.30. The molecule has 6 heteroatoms. The van der Waals surface area contributed by atoms with Crippen LogP contribution >= 0.6 is 0 Å². The van der Waals surface area contributed by atoms with Crippen molar-refractivity contribution in [2.75, 3.05) is 28.2 Å². The van der Waals surface area contributed by atoms with Crippen molar-refractivity contribution in [1.29, 1.82) is 0 Å². The van der Waals surface area contributed by atoms with Crippen LogP contribution in [0.4, 0.5) is 11.4 Å². The van der Waals surface area contributed by atoms with E-state index in [4.69, 9.17) is 0 Å². The van der Waals surface area contributed by atoms with Gasteiger partial charge in [-0.3, -0.25) is 9.59 Å². The Morgan fingerprint density at radius 3 is 1.32 bits per heavy atom. The van der Waals surface area contributed by atoms with Crippen LogP contribution in [0.1, 0.15) is 45.7 Å². The maximum Gasteiger partial charge on any atom is 0.194 e. The first kappa shape index (κ1) is 19.5. The summed E-state index contributed by atoms with van der Waals surface area (Å²) in [4.78, 5) is 38.8. The number of benzene rings is 2. The van der Waals surface area contributed by atoms with Crippen molar-refractivity contribution in [2.45, 2.75) is 13.8 Å². The van der Waals surface area contributed by atoms with Crippen LogP contribution in [0.25, 0.3) is 0 Å². The van der Waals surface area contributed by atoms with Gasteiger partial charge in [0.2, 0.25) is 0 Å². The molecule has 1 aliphatic carbocycles. The summed E-state index contributed by atoms with van der Waals surface area (Å²) in [6, 6.07) is 10.3. The molecule has 0 amide bonds. The molecule has 0 unspecified atom stereocenters. The topological polar surface area (TPSA) is 65.3 Å². The van der Waals surface area contributed by atoms with Gasteiger partial charge in [-0.25, -0.2) is 9.98 Å². The van der Waals surface area contributed by atoms with E-state index in [0.29, 0.717) is 33.6 Å². The van der Waals surface area contributed by atoms with Crippen LogP contribution in [0.5, 0.6) is 0 Å². The van der Waals surface area contributed by atoms with Gasteiger partial charge in [0.05, 0.1) is 11.4 Å². The number of hydrogen-bond donors (Lipinski definition) is 0. The molecule has 0 aromatic heterocycles. The highest BCUT2D eigenvalue weighted by Gasteiger charge is 2.30. The molecule has 2 aromatic rings. The smallest absolute Gasteiger partial charge is 0.194 e. The van der Waals surface area contributed by atoms with Gasteiger partial charge in [-0.15, -0.1) is 0 Å². The normalized spacial score (nSPS) is 13.9. The molecule has 2 aromatic carbocycles. The minimum absolute atomic E-state index is 0.163. The van der Waals surface area contributed by atoms with Crippen LogP contribution in [0, 0.1) is 0 Å². The SMILES string of the molecule is CC(=Nc1ccc2c(c1)C(=O)c1ccc(N=C(C)N(C)C)cc1C2=O)N(C)C. The van der Waals surface area contributed by atoms with Gasteiger partial charge in [0, 0.05) is 50.4 Å². The highest BCUT2D eigenvalue weighted by molar-refractivity contribution is 6.28. The van der Waals surface area contributed by atoms with Crippen molar-refractivity contribution in [3.05, 3.63) is 58.7 Å². The van der Waals surface area contributed by atoms with E-state index in [9.17, 15) is 9.59 Å². The third kappa shape index (κ3) is 3.58. The minimum atomic E-state index is -0.163. The molecule has 0 heterocycles. The lowest BCUT2D eigenvalue weighted by Crippen LogP contribution is -2.21. The molecular weight excluding hydrogens is 352 g/mol. The zero-order chi connectivity index (χ0) is 20.6. The van der Waals surface area contributed by atoms with E-state index < -0.39 is 0 Å². The van der Waals surface area contributed by atoms with Gasteiger partial charge in [-0.1, -0.05) is 0 Å². The Labute approximate surface area is 165 Å². The highest BCUT2D eigenvalue weighted by Crippen LogP contribution is 2.32. The van der Waals surface area contributed by atoms with E-state index >= 15 is 0 Å². The van der Waals surface area contributed by atoms with E-state index in [-0.39, 0.29) is 11.6 Å². The first-order valence-corrected chi connectivity index (χ1v) is 9.01. The van der Waals surface area contributed by atoms with E-state index in [2.05, 4.69) is 9.98 Å². The summed E-state index contributed by atoms with van der Waals surface area (Å²) in [7, 11) is 7.61. The van der Waals surface area contributed by atoms with E-state index in [0.717, 1.165) is 11.7 Å². The number of nitrogens with zero attached hydrogens (tertiary/aromatic N) is 4. The molecule has 144 valence electrons. The summed E-state index contributed by atoms with van der Waals surface area (Å²) < 4.78 is 0. The van der Waals surface area contributed by atoms with Crippen LogP contribution in [0.15, 0.2) is 46.4 Å². The van der Waals surface area contributed by atoms with Crippen LogP contribution in [-0.2, 0) is 0 Å². The second kappa shape index (κ2) is 7.38. The molecule has 0 N–H and O–H groups in total. The van der Waals surface area contributed by atoms with Gasteiger partial charge in [0.25, 0.3) is 0 Å². The molecule has 0 spiro atoms. The number of carbonyl (C=O) groups is 2. The number of carbonyl (C=O) groups excluding carboxylic acids is 2. The van der Waals surface area contributed by atoms with Crippen molar-refractivity contribution in [3.8, 4) is 0 Å². The lowest BCUT2D eigenvalue weighted by atomic mass is 9.83. The van der Waals surface area contributed by atoms with Gasteiger partial charge in [0.1, 0.15) is 11.7 Å². The molecule has 0 fully saturated rings. The van der Waals surface area contributed by atoms with Gasteiger partial charge in [-0.2, -0.15) is 0 Å². The quantitative estimate of drug-likeness (QED) is 0.505. The van der Waals surface area contributed by atoms with Crippen molar-refractivity contribution in [3.63, 3.8) is 0 Å². The summed E-state index contributed by atoms with van der Waals surface area (Å²) in [5, 5.41) is 0. The van der Waals surface area contributed by atoms with Crippen molar-refractivity contribution in [2.24, 2.45) is 9.98 Å². The Balaban J connectivity index is 2.05. The molecule has 1 aliphatic rings. The van der Waals surface area contributed by atoms with E-state index in [1.807, 2.05) is 51.8 Å². The average Bonchev–Trinajstić information content (AvgIpc) is 2.65. The maximum atomic E-state index is 13.0. The Morgan fingerprint density at radius 2 is 1.00 bits per heavy atom. The van der Waals surface area contributed by atoms with Crippen molar-refractivity contribution >= 4 is 34.6 Å². The minimum Gasteiger partial charge on any atom is -0.366 e. The molecule has 0 radical (unpaired) electrons. The number of amidine groups is 2. The highest BCUT2D eigenvalue weighted by atomic mass is 16.1. The Hall–Kier alpha value is -3.28. The predicted molar refractivity (Wildman–Crippen MR) is 113 cm³/mol. The molecule has 0 atom stereocenters. The standard InChI is InChI=1S/C22H24N4O2/c1-13(25(3)4)23-15-7-9-17-19(11-15)21(27)18-10-8-16(12-20(18)22(17)28)24-14(2)26(5)6/h7-12H,1-6H3. The molecule has 0 aliphatic heterocycles. The molecule has 28 heavy (non-hydrogen) atoms. The zero-order valence-corrected chi connectivity index (χ0v) is 17.1.